The van der Waals surface area contributed by atoms with E-state index < -0.39 is 11.6 Å². The maximum absolute atomic E-state index is 14.0. The second-order valence-electron chi connectivity index (χ2n) is 7.73. The van der Waals surface area contributed by atoms with Crippen molar-refractivity contribution in [3.63, 3.8) is 0 Å². The Morgan fingerprint density at radius 3 is 2.56 bits per heavy atom. The van der Waals surface area contributed by atoms with Crippen molar-refractivity contribution >= 4 is 11.6 Å². The molecule has 2 N–H and O–H groups in total. The smallest absolute Gasteiger partial charge is 0.191 e. The fourth-order valence-corrected chi connectivity index (χ4v) is 3.79. The lowest BCUT2D eigenvalue weighted by Gasteiger charge is -2.24. The van der Waals surface area contributed by atoms with Crippen LogP contribution in [-0.2, 0) is 0 Å². The average Bonchev–Trinajstić information content (AvgIpc) is 3.34. The van der Waals surface area contributed by atoms with Gasteiger partial charge in [0, 0.05) is 31.7 Å². The van der Waals surface area contributed by atoms with E-state index in [1.54, 1.807) is 4.90 Å². The molecule has 7 heteroatoms. The molecule has 2 aliphatic rings. The first kappa shape index (κ1) is 19.9. The normalized spacial score (nSPS) is 21.6. The van der Waals surface area contributed by atoms with Crippen molar-refractivity contribution in [3.05, 3.63) is 29.8 Å². The summed E-state index contributed by atoms with van der Waals surface area (Å²) in [6.45, 7) is 4.75. The molecule has 1 aromatic rings. The zero-order chi connectivity index (χ0) is 19.4. The zero-order valence-corrected chi connectivity index (χ0v) is 16.5. The number of nitrogens with one attached hydrogen (secondary N) is 2. The molecule has 0 bridgehead atoms. The molecule has 1 aliphatic carbocycles. The van der Waals surface area contributed by atoms with Crippen molar-refractivity contribution in [3.8, 4) is 0 Å². The summed E-state index contributed by atoms with van der Waals surface area (Å²) in [6.07, 6.45) is 3.39. The van der Waals surface area contributed by atoms with Gasteiger partial charge in [0.2, 0.25) is 0 Å². The van der Waals surface area contributed by atoms with Crippen molar-refractivity contribution in [2.24, 2.45) is 10.9 Å². The Morgan fingerprint density at radius 1 is 1.26 bits per heavy atom. The summed E-state index contributed by atoms with van der Waals surface area (Å²) in [5.74, 6) is 0.521. The van der Waals surface area contributed by atoms with Crippen LogP contribution in [-0.4, -0.2) is 63.2 Å². The van der Waals surface area contributed by atoms with Crippen molar-refractivity contribution in [2.45, 2.75) is 38.3 Å². The second-order valence-corrected chi connectivity index (χ2v) is 7.73. The van der Waals surface area contributed by atoms with Crippen molar-refractivity contribution < 1.29 is 8.78 Å². The van der Waals surface area contributed by atoms with Crippen molar-refractivity contribution in [1.29, 1.82) is 0 Å². The quantitative estimate of drug-likeness (QED) is 0.564. The molecular weight excluding hydrogens is 348 g/mol. The lowest BCUT2D eigenvalue weighted by Crippen LogP contribution is -2.45. The van der Waals surface area contributed by atoms with Gasteiger partial charge in [-0.1, -0.05) is 6.07 Å². The summed E-state index contributed by atoms with van der Waals surface area (Å²) < 4.78 is 28.1. The van der Waals surface area contributed by atoms with E-state index in [-0.39, 0.29) is 11.7 Å². The number of para-hydroxylation sites is 1. The number of hydrogen-bond donors (Lipinski definition) is 2. The largest absolute Gasteiger partial charge is 0.365 e. The Morgan fingerprint density at radius 2 is 1.96 bits per heavy atom. The van der Waals surface area contributed by atoms with Gasteiger partial charge in [0.25, 0.3) is 0 Å². The van der Waals surface area contributed by atoms with E-state index >= 15 is 0 Å². The van der Waals surface area contributed by atoms with Crippen LogP contribution in [0.3, 0.4) is 0 Å². The molecular formula is C20H31F2N5. The lowest BCUT2D eigenvalue weighted by molar-refractivity contribution is 0.271. The molecule has 2 atom stereocenters. The summed E-state index contributed by atoms with van der Waals surface area (Å²) in [5, 5.41) is 6.74. The number of aliphatic imine (C=N–C) groups is 1. The number of halogens is 2. The Hall–Kier alpha value is -1.89. The first-order valence-corrected chi connectivity index (χ1v) is 9.89. The Kier molecular flexibility index (Phi) is 6.52. The van der Waals surface area contributed by atoms with Crippen LogP contribution in [0.5, 0.6) is 0 Å². The number of rotatable bonds is 7. The highest BCUT2D eigenvalue weighted by atomic mass is 19.1. The monoisotopic (exact) mass is 379 g/mol. The molecule has 0 spiro atoms. The third-order valence-corrected chi connectivity index (χ3v) is 5.39. The van der Waals surface area contributed by atoms with Crippen LogP contribution in [0.1, 0.15) is 26.2 Å². The van der Waals surface area contributed by atoms with Gasteiger partial charge in [-0.05, 0) is 58.3 Å². The third kappa shape index (κ3) is 5.09. The number of nitrogens with zero attached hydrogens (tertiary/aromatic N) is 3. The zero-order valence-electron chi connectivity index (χ0n) is 16.5. The molecule has 2 unspecified atom stereocenters. The van der Waals surface area contributed by atoms with Gasteiger partial charge in [-0.3, -0.25) is 4.99 Å². The number of likely N-dealkylation sites (N-methyl/N-ethyl adjacent to an activating group) is 1. The number of anilines is 1. The molecule has 2 fully saturated rings. The minimum Gasteiger partial charge on any atom is -0.365 e. The van der Waals surface area contributed by atoms with Gasteiger partial charge in [-0.15, -0.1) is 0 Å². The SMILES string of the molecule is CCNC(=NCC(C1CC1)N(C)C)NC1CCN(c2c(F)cccc2F)C1. The standard InChI is InChI=1S/C20H31F2N5/c1-4-23-20(24-12-18(26(2)3)14-8-9-14)25-15-10-11-27(13-15)19-16(21)6-5-7-17(19)22/h5-7,14-15,18H,4,8-13H2,1-3H3,(H2,23,24,25). The van der Waals surface area contributed by atoms with Crippen LogP contribution in [0.25, 0.3) is 0 Å². The minimum atomic E-state index is -0.505. The van der Waals surface area contributed by atoms with Gasteiger partial charge in [0.1, 0.15) is 17.3 Å². The number of benzene rings is 1. The van der Waals surface area contributed by atoms with Gasteiger partial charge in [0.05, 0.1) is 6.54 Å². The molecule has 1 saturated carbocycles. The number of hydrogen-bond acceptors (Lipinski definition) is 3. The molecule has 5 nitrogen and oxygen atoms in total. The maximum Gasteiger partial charge on any atom is 0.191 e. The van der Waals surface area contributed by atoms with Gasteiger partial charge in [-0.2, -0.15) is 0 Å². The topological polar surface area (TPSA) is 42.9 Å². The van der Waals surface area contributed by atoms with Gasteiger partial charge in [0.15, 0.2) is 5.96 Å². The molecule has 0 radical (unpaired) electrons. The maximum atomic E-state index is 14.0. The molecule has 1 heterocycles. The molecule has 1 aliphatic heterocycles. The Bertz CT molecular complexity index is 638. The highest BCUT2D eigenvalue weighted by molar-refractivity contribution is 5.80. The molecule has 0 amide bonds. The predicted molar refractivity (Wildman–Crippen MR) is 106 cm³/mol. The van der Waals surface area contributed by atoms with Gasteiger partial charge >= 0.3 is 0 Å². The summed E-state index contributed by atoms with van der Waals surface area (Å²) in [5.41, 5.74) is 0.0742. The summed E-state index contributed by atoms with van der Waals surface area (Å²) in [4.78, 5) is 8.81. The first-order chi connectivity index (χ1) is 13.0. The van der Waals surface area contributed by atoms with E-state index in [0.29, 0.717) is 19.1 Å². The molecule has 150 valence electrons. The van der Waals surface area contributed by atoms with Crippen molar-refractivity contribution in [1.82, 2.24) is 15.5 Å². The summed E-state index contributed by atoms with van der Waals surface area (Å²) >= 11 is 0. The lowest BCUT2D eigenvalue weighted by atomic mass is 10.2. The fraction of sp³-hybridized carbons (Fsp3) is 0.650. The van der Waals surface area contributed by atoms with Gasteiger partial charge in [-0.25, -0.2) is 8.78 Å². The first-order valence-electron chi connectivity index (χ1n) is 9.89. The van der Waals surface area contributed by atoms with Crippen LogP contribution in [0.2, 0.25) is 0 Å². The van der Waals surface area contributed by atoms with Crippen molar-refractivity contribution in [2.75, 3.05) is 45.2 Å². The van der Waals surface area contributed by atoms with E-state index in [1.165, 1.54) is 31.0 Å². The highest BCUT2D eigenvalue weighted by Crippen LogP contribution is 2.34. The van der Waals surface area contributed by atoms with E-state index in [1.807, 2.05) is 6.92 Å². The minimum absolute atomic E-state index is 0.0742. The van der Waals surface area contributed by atoms with E-state index in [9.17, 15) is 8.78 Å². The molecule has 1 aromatic carbocycles. The Labute approximate surface area is 160 Å². The van der Waals surface area contributed by atoms with E-state index in [4.69, 9.17) is 4.99 Å². The van der Waals surface area contributed by atoms with Crippen LogP contribution in [0.4, 0.5) is 14.5 Å². The fourth-order valence-electron chi connectivity index (χ4n) is 3.79. The van der Waals surface area contributed by atoms with E-state index in [0.717, 1.165) is 31.4 Å². The average molecular weight is 379 g/mol. The molecule has 1 saturated heterocycles. The molecule has 27 heavy (non-hydrogen) atoms. The third-order valence-electron chi connectivity index (χ3n) is 5.39. The Balaban J connectivity index is 1.61. The van der Waals surface area contributed by atoms with Crippen LogP contribution < -0.4 is 15.5 Å². The molecule has 0 aromatic heterocycles. The van der Waals surface area contributed by atoms with Crippen LogP contribution >= 0.6 is 0 Å². The van der Waals surface area contributed by atoms with Crippen LogP contribution in [0, 0.1) is 17.6 Å². The summed E-state index contributed by atoms with van der Waals surface area (Å²) in [7, 11) is 4.22. The highest BCUT2D eigenvalue weighted by Gasteiger charge is 2.32. The second kappa shape index (κ2) is 8.87. The van der Waals surface area contributed by atoms with Crippen LogP contribution in [0.15, 0.2) is 23.2 Å². The molecule has 3 rings (SSSR count). The predicted octanol–water partition coefficient (Wildman–Crippen LogP) is 2.44. The van der Waals surface area contributed by atoms with Gasteiger partial charge < -0.3 is 20.4 Å². The summed E-state index contributed by atoms with van der Waals surface area (Å²) in [6, 6.07) is 4.60. The number of guanidine groups is 1. The van der Waals surface area contributed by atoms with E-state index in [2.05, 4.69) is 29.6 Å².